The van der Waals surface area contributed by atoms with E-state index in [1.165, 1.54) is 19.3 Å². The van der Waals surface area contributed by atoms with Gasteiger partial charge in [-0.25, -0.2) is 0 Å². The summed E-state index contributed by atoms with van der Waals surface area (Å²) < 4.78 is 0. The van der Waals surface area contributed by atoms with E-state index >= 15 is 0 Å². The number of hydrogen-bond acceptors (Lipinski definition) is 2. The molecule has 106 valence electrons. The third kappa shape index (κ3) is 3.40. The van der Waals surface area contributed by atoms with Crippen LogP contribution >= 0.6 is 0 Å². The van der Waals surface area contributed by atoms with Gasteiger partial charge in [-0.15, -0.1) is 0 Å². The summed E-state index contributed by atoms with van der Waals surface area (Å²) >= 11 is 0. The Hall–Kier alpha value is -1.79. The van der Waals surface area contributed by atoms with Gasteiger partial charge in [0, 0.05) is 17.2 Å². The van der Waals surface area contributed by atoms with Gasteiger partial charge in [-0.2, -0.15) is 0 Å². The number of amides is 1. The molecule has 0 radical (unpaired) electrons. The maximum absolute atomic E-state index is 12.2. The second kappa shape index (κ2) is 6.58. The fourth-order valence-electron chi connectivity index (χ4n) is 2.43. The maximum Gasteiger partial charge on any atom is 0.251 e. The Morgan fingerprint density at radius 2 is 2.25 bits per heavy atom. The van der Waals surface area contributed by atoms with E-state index in [0.29, 0.717) is 11.5 Å². The topological polar surface area (TPSA) is 49.3 Å². The average molecular weight is 271 g/mol. The van der Waals surface area contributed by atoms with E-state index in [4.69, 9.17) is 5.11 Å². The molecule has 3 nitrogen and oxygen atoms in total. The Balaban J connectivity index is 2.04. The zero-order chi connectivity index (χ0) is 14.5. The first-order valence-electron chi connectivity index (χ1n) is 7.13. The number of nitrogens with one attached hydrogen (secondary N) is 1. The number of hydrogen-bond donors (Lipinski definition) is 2. The van der Waals surface area contributed by atoms with Gasteiger partial charge in [0.15, 0.2) is 0 Å². The van der Waals surface area contributed by atoms with Gasteiger partial charge in [0.1, 0.15) is 6.61 Å². The van der Waals surface area contributed by atoms with Crippen molar-refractivity contribution < 1.29 is 9.90 Å². The summed E-state index contributed by atoms with van der Waals surface area (Å²) in [5, 5.41) is 11.8. The summed E-state index contributed by atoms with van der Waals surface area (Å²) in [4.78, 5) is 12.2. The molecule has 1 saturated carbocycles. The number of benzene rings is 1. The first-order chi connectivity index (χ1) is 9.61. The van der Waals surface area contributed by atoms with Crippen molar-refractivity contribution in [1.29, 1.82) is 0 Å². The fourth-order valence-corrected chi connectivity index (χ4v) is 2.43. The van der Waals surface area contributed by atoms with Crippen LogP contribution in [0.4, 0.5) is 0 Å². The van der Waals surface area contributed by atoms with Gasteiger partial charge in [-0.05, 0) is 56.4 Å². The van der Waals surface area contributed by atoms with Crippen LogP contribution in [-0.4, -0.2) is 23.7 Å². The summed E-state index contributed by atoms with van der Waals surface area (Å²) in [6, 6.07) is 5.72. The molecule has 0 aromatic heterocycles. The van der Waals surface area contributed by atoms with E-state index in [9.17, 15) is 4.79 Å². The lowest BCUT2D eigenvalue weighted by molar-refractivity contribution is 0.0909. The average Bonchev–Trinajstić information content (AvgIpc) is 2.35. The smallest absolute Gasteiger partial charge is 0.251 e. The lowest BCUT2D eigenvalue weighted by Crippen LogP contribution is -2.40. The first-order valence-corrected chi connectivity index (χ1v) is 7.13. The van der Waals surface area contributed by atoms with Crippen LogP contribution in [0.2, 0.25) is 0 Å². The number of aryl methyl sites for hydroxylation is 1. The molecular formula is C17H21NO2. The van der Waals surface area contributed by atoms with Crippen molar-refractivity contribution in [3.63, 3.8) is 0 Å². The molecule has 1 aliphatic carbocycles. The molecule has 0 bridgehead atoms. The third-order valence-corrected chi connectivity index (χ3v) is 4.01. The number of carbonyl (C=O) groups is 1. The molecule has 2 N–H and O–H groups in total. The Bertz CT molecular complexity index is 550. The molecule has 1 aromatic carbocycles. The van der Waals surface area contributed by atoms with Gasteiger partial charge < -0.3 is 10.4 Å². The van der Waals surface area contributed by atoms with Crippen LogP contribution in [0.5, 0.6) is 0 Å². The van der Waals surface area contributed by atoms with E-state index in [1.54, 1.807) is 6.07 Å². The van der Waals surface area contributed by atoms with Crippen LogP contribution in [-0.2, 0) is 0 Å². The minimum absolute atomic E-state index is 0.0193. The molecule has 1 amide bonds. The molecule has 1 atom stereocenters. The summed E-state index contributed by atoms with van der Waals surface area (Å²) in [6.45, 7) is 3.85. The first kappa shape index (κ1) is 14.6. The molecule has 0 heterocycles. The molecule has 0 aliphatic heterocycles. The molecule has 2 rings (SSSR count). The highest BCUT2D eigenvalue weighted by molar-refractivity contribution is 5.94. The van der Waals surface area contributed by atoms with Crippen molar-refractivity contribution in [2.45, 2.75) is 39.2 Å². The predicted octanol–water partition coefficient (Wildman–Crippen LogP) is 2.26. The number of aliphatic hydroxyl groups is 1. The zero-order valence-electron chi connectivity index (χ0n) is 12.1. The van der Waals surface area contributed by atoms with Crippen molar-refractivity contribution in [3.8, 4) is 11.8 Å². The molecular weight excluding hydrogens is 250 g/mol. The second-order valence-electron chi connectivity index (χ2n) is 5.44. The quantitative estimate of drug-likeness (QED) is 0.828. The van der Waals surface area contributed by atoms with Crippen molar-refractivity contribution in [2.24, 2.45) is 5.92 Å². The van der Waals surface area contributed by atoms with E-state index < -0.39 is 0 Å². The van der Waals surface area contributed by atoms with Gasteiger partial charge in [0.2, 0.25) is 0 Å². The molecule has 0 spiro atoms. The van der Waals surface area contributed by atoms with Crippen molar-refractivity contribution in [3.05, 3.63) is 34.9 Å². The standard InChI is InChI=1S/C17H21NO2/c1-12-11-16(9-8-14(12)7-4-10-19)17(20)18-13(2)15-5-3-6-15/h8-9,11,13,15,19H,3,5-6,10H2,1-2H3,(H,18,20). The Morgan fingerprint density at radius 3 is 2.80 bits per heavy atom. The molecule has 1 unspecified atom stereocenters. The highest BCUT2D eigenvalue weighted by atomic mass is 16.2. The summed E-state index contributed by atoms with van der Waals surface area (Å²) in [5.41, 5.74) is 2.47. The molecule has 1 aromatic rings. The second-order valence-corrected chi connectivity index (χ2v) is 5.44. The van der Waals surface area contributed by atoms with Gasteiger partial charge in [-0.1, -0.05) is 18.3 Å². The molecule has 0 saturated heterocycles. The number of aliphatic hydroxyl groups excluding tert-OH is 1. The van der Waals surface area contributed by atoms with Crippen molar-refractivity contribution in [1.82, 2.24) is 5.32 Å². The summed E-state index contributed by atoms with van der Waals surface area (Å²) in [5.74, 6) is 6.11. The highest BCUT2D eigenvalue weighted by Crippen LogP contribution is 2.29. The van der Waals surface area contributed by atoms with Crippen LogP contribution in [0.3, 0.4) is 0 Å². The fraction of sp³-hybridized carbons (Fsp3) is 0.471. The normalized spacial score (nSPS) is 15.8. The molecule has 20 heavy (non-hydrogen) atoms. The van der Waals surface area contributed by atoms with Gasteiger partial charge in [0.05, 0.1) is 0 Å². The Labute approximate surface area is 120 Å². The third-order valence-electron chi connectivity index (χ3n) is 4.01. The molecule has 1 aliphatic rings. The number of carbonyl (C=O) groups excluding carboxylic acids is 1. The lowest BCUT2D eigenvalue weighted by Gasteiger charge is -2.31. The predicted molar refractivity (Wildman–Crippen MR) is 79.4 cm³/mol. The van der Waals surface area contributed by atoms with E-state index in [0.717, 1.165) is 11.1 Å². The largest absolute Gasteiger partial charge is 0.384 e. The molecule has 3 heteroatoms. The minimum atomic E-state index is -0.152. The van der Waals surface area contributed by atoms with E-state index in [1.807, 2.05) is 19.1 Å². The maximum atomic E-state index is 12.2. The van der Waals surface area contributed by atoms with E-state index in [-0.39, 0.29) is 18.6 Å². The van der Waals surface area contributed by atoms with Crippen LogP contribution in [0.1, 0.15) is 47.7 Å². The number of rotatable bonds is 3. The van der Waals surface area contributed by atoms with Gasteiger partial charge >= 0.3 is 0 Å². The Morgan fingerprint density at radius 1 is 1.50 bits per heavy atom. The minimum Gasteiger partial charge on any atom is -0.384 e. The van der Waals surface area contributed by atoms with Crippen molar-refractivity contribution in [2.75, 3.05) is 6.61 Å². The van der Waals surface area contributed by atoms with Crippen molar-refractivity contribution >= 4 is 5.91 Å². The SMILES string of the molecule is Cc1cc(C(=O)NC(C)C2CCC2)ccc1C#CCO. The van der Waals surface area contributed by atoms with Crippen LogP contribution < -0.4 is 5.32 Å². The van der Waals surface area contributed by atoms with Crippen LogP contribution in [0, 0.1) is 24.7 Å². The zero-order valence-corrected chi connectivity index (χ0v) is 12.1. The van der Waals surface area contributed by atoms with Gasteiger partial charge in [0.25, 0.3) is 5.91 Å². The Kier molecular flexibility index (Phi) is 4.81. The van der Waals surface area contributed by atoms with Crippen LogP contribution in [0.15, 0.2) is 18.2 Å². The van der Waals surface area contributed by atoms with Crippen LogP contribution in [0.25, 0.3) is 0 Å². The highest BCUT2D eigenvalue weighted by Gasteiger charge is 2.25. The van der Waals surface area contributed by atoms with E-state index in [2.05, 4.69) is 24.1 Å². The molecule has 1 fully saturated rings. The van der Waals surface area contributed by atoms with Gasteiger partial charge in [-0.3, -0.25) is 4.79 Å². The summed E-state index contributed by atoms with van der Waals surface area (Å²) in [7, 11) is 0. The monoisotopic (exact) mass is 271 g/mol. The summed E-state index contributed by atoms with van der Waals surface area (Å²) in [6.07, 6.45) is 3.72. The lowest BCUT2D eigenvalue weighted by atomic mass is 9.80.